The molecule has 2 amide bonds. The lowest BCUT2D eigenvalue weighted by Crippen LogP contribution is -2.43. The quantitative estimate of drug-likeness (QED) is 0.721. The smallest absolute Gasteiger partial charge is 0.326 e. The molecule has 7 nitrogen and oxygen atoms in total. The van der Waals surface area contributed by atoms with Gasteiger partial charge in [0.25, 0.3) is 5.91 Å². The van der Waals surface area contributed by atoms with E-state index in [0.29, 0.717) is 30.6 Å². The van der Waals surface area contributed by atoms with E-state index in [2.05, 4.69) is 5.32 Å². The monoisotopic (exact) mass is 291 g/mol. The van der Waals surface area contributed by atoms with E-state index in [4.69, 9.17) is 10.8 Å². The number of primary amides is 1. The lowest BCUT2D eigenvalue weighted by Gasteiger charge is -2.22. The molecule has 1 fully saturated rings. The number of aliphatic carboxylic acids is 1. The molecule has 1 aromatic carbocycles. The van der Waals surface area contributed by atoms with Crippen molar-refractivity contribution in [3.63, 3.8) is 0 Å². The molecule has 21 heavy (non-hydrogen) atoms. The van der Waals surface area contributed by atoms with Crippen molar-refractivity contribution in [2.75, 3.05) is 18.4 Å². The van der Waals surface area contributed by atoms with E-state index in [-0.39, 0.29) is 12.5 Å². The summed E-state index contributed by atoms with van der Waals surface area (Å²) in [6.45, 7) is 0.364. The molecule has 1 aliphatic heterocycles. The van der Waals surface area contributed by atoms with Gasteiger partial charge in [0.15, 0.2) is 0 Å². The van der Waals surface area contributed by atoms with Gasteiger partial charge in [0.2, 0.25) is 5.91 Å². The molecular weight excluding hydrogens is 274 g/mol. The third-order valence-electron chi connectivity index (χ3n) is 3.48. The minimum atomic E-state index is -0.988. The number of carbonyl (C=O) groups excluding carboxylic acids is 2. The second-order valence-corrected chi connectivity index (χ2v) is 4.85. The van der Waals surface area contributed by atoms with Crippen LogP contribution in [0.3, 0.4) is 0 Å². The zero-order valence-corrected chi connectivity index (χ0v) is 11.4. The predicted molar refractivity (Wildman–Crippen MR) is 75.8 cm³/mol. The Balaban J connectivity index is 2.02. The highest BCUT2D eigenvalue weighted by molar-refractivity contribution is 5.99. The number of nitrogens with two attached hydrogens (primary N) is 1. The number of likely N-dealkylation sites (tertiary alicyclic amines) is 1. The molecule has 0 aromatic heterocycles. The molecule has 1 aliphatic rings. The third kappa shape index (κ3) is 3.31. The van der Waals surface area contributed by atoms with Gasteiger partial charge in [-0.25, -0.2) is 4.79 Å². The van der Waals surface area contributed by atoms with Crippen LogP contribution in [0, 0.1) is 0 Å². The van der Waals surface area contributed by atoms with Crippen molar-refractivity contribution >= 4 is 23.5 Å². The van der Waals surface area contributed by atoms with Crippen LogP contribution in [-0.2, 0) is 9.59 Å². The van der Waals surface area contributed by atoms with E-state index in [1.54, 1.807) is 24.3 Å². The Morgan fingerprint density at radius 1 is 1.33 bits per heavy atom. The van der Waals surface area contributed by atoms with Crippen LogP contribution in [0.4, 0.5) is 5.69 Å². The minimum Gasteiger partial charge on any atom is -0.480 e. The summed E-state index contributed by atoms with van der Waals surface area (Å²) >= 11 is 0. The van der Waals surface area contributed by atoms with Crippen LogP contribution in [0.2, 0.25) is 0 Å². The van der Waals surface area contributed by atoms with Crippen molar-refractivity contribution in [2.45, 2.75) is 18.9 Å². The molecule has 0 radical (unpaired) electrons. The Kier molecular flexibility index (Phi) is 4.42. The first-order valence-electron chi connectivity index (χ1n) is 6.65. The standard InChI is InChI=1S/C14H17N3O4/c15-13(19)9-4-1-2-5-10(9)16-8-12(18)17-7-3-6-11(17)14(20)21/h1-2,4-5,11,16H,3,6-8H2,(H2,15,19)(H,20,21)/t11-/m1/s1. The molecule has 7 heteroatoms. The van der Waals surface area contributed by atoms with Gasteiger partial charge in [-0.15, -0.1) is 0 Å². The summed E-state index contributed by atoms with van der Waals surface area (Å²) in [4.78, 5) is 35.8. The topological polar surface area (TPSA) is 113 Å². The number of amides is 2. The maximum atomic E-state index is 12.1. The summed E-state index contributed by atoms with van der Waals surface area (Å²) in [6, 6.07) is 5.84. The molecule has 112 valence electrons. The van der Waals surface area contributed by atoms with Crippen molar-refractivity contribution in [3.05, 3.63) is 29.8 Å². The Hall–Kier alpha value is -2.57. The van der Waals surface area contributed by atoms with Crippen LogP contribution in [0.1, 0.15) is 23.2 Å². The Bertz CT molecular complexity index is 573. The molecule has 1 aromatic rings. The van der Waals surface area contributed by atoms with Gasteiger partial charge in [0.05, 0.1) is 12.1 Å². The molecule has 0 bridgehead atoms. The first-order chi connectivity index (χ1) is 10.0. The van der Waals surface area contributed by atoms with E-state index in [0.717, 1.165) is 0 Å². The highest BCUT2D eigenvalue weighted by atomic mass is 16.4. The summed E-state index contributed by atoms with van der Waals surface area (Å²) in [7, 11) is 0. The van der Waals surface area contributed by atoms with Crippen molar-refractivity contribution < 1.29 is 19.5 Å². The number of carbonyl (C=O) groups is 3. The number of rotatable bonds is 5. The Labute approximate surface area is 121 Å². The zero-order chi connectivity index (χ0) is 15.4. The minimum absolute atomic E-state index is 0.0753. The van der Waals surface area contributed by atoms with Gasteiger partial charge in [-0.3, -0.25) is 9.59 Å². The van der Waals surface area contributed by atoms with E-state index in [1.807, 2.05) is 0 Å². The largest absolute Gasteiger partial charge is 0.480 e. The molecule has 1 saturated heterocycles. The molecule has 0 saturated carbocycles. The number of hydrogen-bond acceptors (Lipinski definition) is 4. The zero-order valence-electron chi connectivity index (χ0n) is 11.4. The normalized spacial score (nSPS) is 17.5. The maximum absolute atomic E-state index is 12.1. The van der Waals surface area contributed by atoms with Gasteiger partial charge < -0.3 is 21.1 Å². The molecule has 1 heterocycles. The van der Waals surface area contributed by atoms with Crippen molar-refractivity contribution in [1.82, 2.24) is 4.90 Å². The maximum Gasteiger partial charge on any atom is 0.326 e. The van der Waals surface area contributed by atoms with Crippen LogP contribution in [0.15, 0.2) is 24.3 Å². The number of hydrogen-bond donors (Lipinski definition) is 3. The van der Waals surface area contributed by atoms with Gasteiger partial charge in [-0.2, -0.15) is 0 Å². The summed E-state index contributed by atoms with van der Waals surface area (Å²) in [5.41, 5.74) is 6.01. The number of para-hydroxylation sites is 1. The molecule has 1 atom stereocenters. The molecule has 0 spiro atoms. The summed E-state index contributed by atoms with van der Waals surface area (Å²) in [5, 5.41) is 11.9. The van der Waals surface area contributed by atoms with Crippen LogP contribution in [-0.4, -0.2) is 46.9 Å². The van der Waals surface area contributed by atoms with E-state index >= 15 is 0 Å². The van der Waals surface area contributed by atoms with Gasteiger partial charge in [0, 0.05) is 12.2 Å². The SMILES string of the molecule is NC(=O)c1ccccc1NCC(=O)N1CCC[C@@H]1C(=O)O. The van der Waals surface area contributed by atoms with Crippen LogP contribution in [0.5, 0.6) is 0 Å². The van der Waals surface area contributed by atoms with Crippen LogP contribution >= 0.6 is 0 Å². The Morgan fingerprint density at radius 2 is 2.05 bits per heavy atom. The second kappa shape index (κ2) is 6.25. The molecule has 4 N–H and O–H groups in total. The number of benzene rings is 1. The summed E-state index contributed by atoms with van der Waals surface area (Å²) in [6.07, 6.45) is 1.15. The van der Waals surface area contributed by atoms with Gasteiger partial charge in [-0.05, 0) is 25.0 Å². The van der Waals surface area contributed by atoms with Crippen LogP contribution in [0.25, 0.3) is 0 Å². The number of nitrogens with one attached hydrogen (secondary N) is 1. The van der Waals surface area contributed by atoms with Gasteiger partial charge >= 0.3 is 5.97 Å². The first-order valence-corrected chi connectivity index (χ1v) is 6.65. The molecule has 0 aliphatic carbocycles. The first kappa shape index (κ1) is 14.8. The number of carboxylic acid groups (broad SMARTS) is 1. The molecule has 0 unspecified atom stereocenters. The number of carboxylic acids is 1. The van der Waals surface area contributed by atoms with Gasteiger partial charge in [0.1, 0.15) is 6.04 Å². The van der Waals surface area contributed by atoms with Crippen molar-refractivity contribution in [3.8, 4) is 0 Å². The van der Waals surface area contributed by atoms with Crippen LogP contribution < -0.4 is 11.1 Å². The highest BCUT2D eigenvalue weighted by Crippen LogP contribution is 2.18. The molecule has 2 rings (SSSR count). The lowest BCUT2D eigenvalue weighted by molar-refractivity contribution is -0.147. The lowest BCUT2D eigenvalue weighted by atomic mass is 10.1. The van der Waals surface area contributed by atoms with Crippen molar-refractivity contribution in [1.29, 1.82) is 0 Å². The predicted octanol–water partition coefficient (Wildman–Crippen LogP) is 0.273. The van der Waals surface area contributed by atoms with E-state index in [1.165, 1.54) is 4.90 Å². The average molecular weight is 291 g/mol. The second-order valence-electron chi connectivity index (χ2n) is 4.85. The van der Waals surface area contributed by atoms with E-state index < -0.39 is 17.9 Å². The number of anilines is 1. The van der Waals surface area contributed by atoms with Crippen molar-refractivity contribution in [2.24, 2.45) is 5.73 Å². The molecular formula is C14H17N3O4. The fraction of sp³-hybridized carbons (Fsp3) is 0.357. The summed E-state index contributed by atoms with van der Waals surface area (Å²) < 4.78 is 0. The average Bonchev–Trinajstić information content (AvgIpc) is 2.94. The van der Waals surface area contributed by atoms with E-state index in [9.17, 15) is 14.4 Å². The fourth-order valence-electron chi connectivity index (χ4n) is 2.45. The van der Waals surface area contributed by atoms with Gasteiger partial charge in [-0.1, -0.05) is 12.1 Å². The third-order valence-corrected chi connectivity index (χ3v) is 3.48. The highest BCUT2D eigenvalue weighted by Gasteiger charge is 2.33. The summed E-state index contributed by atoms with van der Waals surface area (Å²) in [5.74, 6) is -1.88. The fourth-order valence-corrected chi connectivity index (χ4v) is 2.45. The number of nitrogens with zero attached hydrogens (tertiary/aromatic N) is 1. The Morgan fingerprint density at radius 3 is 2.71 bits per heavy atom.